The fourth-order valence-electron chi connectivity index (χ4n) is 1.58. The van der Waals surface area contributed by atoms with E-state index in [0.29, 0.717) is 0 Å². The van der Waals surface area contributed by atoms with Gasteiger partial charge in [0.15, 0.2) is 0 Å². The third kappa shape index (κ3) is 1.61. The molecule has 1 aliphatic rings. The van der Waals surface area contributed by atoms with Crippen LogP contribution in [-0.4, -0.2) is 47.8 Å². The first-order valence-corrected chi connectivity index (χ1v) is 4.12. The molecule has 12 heavy (non-hydrogen) atoms. The summed E-state index contributed by atoms with van der Waals surface area (Å²) >= 11 is 0. The topological polar surface area (TPSA) is 58.9 Å². The van der Waals surface area contributed by atoms with Crippen LogP contribution in [0.2, 0.25) is 0 Å². The van der Waals surface area contributed by atoms with Crippen LogP contribution in [-0.2, 0) is 9.47 Å². The Labute approximate surface area is 72.1 Å². The largest absolute Gasteiger partial charge is 0.388 e. The molecule has 4 heteroatoms. The molecule has 2 N–H and O–H groups in total. The lowest BCUT2D eigenvalue weighted by Gasteiger charge is -2.39. The van der Waals surface area contributed by atoms with Gasteiger partial charge in [-0.05, 0) is 13.8 Å². The molecule has 5 atom stereocenters. The molecule has 0 radical (unpaired) electrons. The van der Waals surface area contributed by atoms with E-state index in [-0.39, 0.29) is 12.2 Å². The minimum absolute atomic E-state index is 0.177. The lowest BCUT2D eigenvalue weighted by atomic mass is 9.96. The second-order valence-electron chi connectivity index (χ2n) is 3.23. The quantitative estimate of drug-likeness (QED) is 0.567. The summed E-state index contributed by atoms with van der Waals surface area (Å²) in [5.41, 5.74) is 0. The second kappa shape index (κ2) is 3.70. The summed E-state index contributed by atoms with van der Waals surface area (Å²) in [5, 5.41) is 18.9. The van der Waals surface area contributed by atoms with Crippen molar-refractivity contribution in [2.24, 2.45) is 0 Å². The molecule has 1 rings (SSSR count). The van der Waals surface area contributed by atoms with Crippen molar-refractivity contribution in [3.63, 3.8) is 0 Å². The molecule has 0 aromatic carbocycles. The van der Waals surface area contributed by atoms with Crippen LogP contribution in [0, 0.1) is 0 Å². The average Bonchev–Trinajstić information content (AvgIpc) is 2.01. The molecule has 1 heterocycles. The highest BCUT2D eigenvalue weighted by atomic mass is 16.6. The van der Waals surface area contributed by atoms with E-state index >= 15 is 0 Å². The number of aliphatic hydroxyl groups is 2. The summed E-state index contributed by atoms with van der Waals surface area (Å²) in [6.07, 6.45) is -2.65. The first-order valence-electron chi connectivity index (χ1n) is 4.12. The lowest BCUT2D eigenvalue weighted by Crippen LogP contribution is -2.56. The highest BCUT2D eigenvalue weighted by Crippen LogP contribution is 2.22. The zero-order valence-electron chi connectivity index (χ0n) is 7.60. The summed E-state index contributed by atoms with van der Waals surface area (Å²) < 4.78 is 10.3. The van der Waals surface area contributed by atoms with E-state index in [0.717, 1.165) is 0 Å². The van der Waals surface area contributed by atoms with Gasteiger partial charge < -0.3 is 19.7 Å². The van der Waals surface area contributed by atoms with E-state index in [4.69, 9.17) is 9.47 Å². The second-order valence-corrected chi connectivity index (χ2v) is 3.23. The van der Waals surface area contributed by atoms with Crippen LogP contribution in [0.4, 0.5) is 0 Å². The first-order chi connectivity index (χ1) is 5.57. The predicted octanol–water partition coefficient (Wildman–Crippen LogP) is -0.470. The van der Waals surface area contributed by atoms with Gasteiger partial charge in [-0.25, -0.2) is 0 Å². The Bertz CT molecular complexity index is 150. The molecule has 0 spiro atoms. The third-order valence-corrected chi connectivity index (χ3v) is 2.33. The normalized spacial score (nSPS) is 49.2. The summed E-state index contributed by atoms with van der Waals surface area (Å²) in [7, 11) is 1.50. The maximum Gasteiger partial charge on any atom is 0.111 e. The Morgan fingerprint density at radius 3 is 2.17 bits per heavy atom. The van der Waals surface area contributed by atoms with Crippen molar-refractivity contribution >= 4 is 0 Å². The number of ether oxygens (including phenoxy) is 2. The zero-order chi connectivity index (χ0) is 9.30. The third-order valence-electron chi connectivity index (χ3n) is 2.33. The van der Waals surface area contributed by atoms with Crippen molar-refractivity contribution < 1.29 is 19.7 Å². The highest BCUT2D eigenvalue weighted by molar-refractivity contribution is 4.89. The number of rotatable bonds is 1. The Balaban J connectivity index is 2.65. The van der Waals surface area contributed by atoms with E-state index in [9.17, 15) is 10.2 Å². The van der Waals surface area contributed by atoms with Crippen LogP contribution in [0.1, 0.15) is 13.8 Å². The molecule has 1 aliphatic heterocycles. The van der Waals surface area contributed by atoms with Crippen molar-refractivity contribution in [2.75, 3.05) is 7.11 Å². The van der Waals surface area contributed by atoms with E-state index in [1.807, 2.05) is 6.92 Å². The van der Waals surface area contributed by atoms with Crippen molar-refractivity contribution in [3.05, 3.63) is 0 Å². The van der Waals surface area contributed by atoms with Gasteiger partial charge in [-0.3, -0.25) is 0 Å². The fourth-order valence-corrected chi connectivity index (χ4v) is 1.58. The number of methoxy groups -OCH3 is 1. The Morgan fingerprint density at radius 2 is 1.67 bits per heavy atom. The van der Waals surface area contributed by atoms with Crippen LogP contribution in [0.15, 0.2) is 0 Å². The van der Waals surface area contributed by atoms with Gasteiger partial charge >= 0.3 is 0 Å². The van der Waals surface area contributed by atoms with Crippen LogP contribution in [0.5, 0.6) is 0 Å². The van der Waals surface area contributed by atoms with Crippen molar-refractivity contribution in [1.82, 2.24) is 0 Å². The molecule has 0 aliphatic carbocycles. The van der Waals surface area contributed by atoms with Crippen LogP contribution >= 0.6 is 0 Å². The van der Waals surface area contributed by atoms with Gasteiger partial charge in [0, 0.05) is 7.11 Å². The minimum Gasteiger partial charge on any atom is -0.388 e. The van der Waals surface area contributed by atoms with Gasteiger partial charge in [0.1, 0.15) is 18.3 Å². The van der Waals surface area contributed by atoms with Crippen molar-refractivity contribution in [2.45, 2.75) is 44.4 Å². The molecule has 1 fully saturated rings. The van der Waals surface area contributed by atoms with Gasteiger partial charge in [-0.15, -0.1) is 0 Å². The number of hydrogen-bond acceptors (Lipinski definition) is 4. The molecule has 72 valence electrons. The summed E-state index contributed by atoms with van der Waals surface area (Å²) in [6, 6.07) is 0. The highest BCUT2D eigenvalue weighted by Gasteiger charge is 2.40. The Kier molecular flexibility index (Phi) is 3.06. The van der Waals surface area contributed by atoms with Gasteiger partial charge in [0.05, 0.1) is 12.2 Å². The molecular weight excluding hydrogens is 160 g/mol. The van der Waals surface area contributed by atoms with Gasteiger partial charge in [0.25, 0.3) is 0 Å². The maximum atomic E-state index is 9.52. The molecular formula is C8H16O4. The van der Waals surface area contributed by atoms with Crippen LogP contribution in [0.25, 0.3) is 0 Å². The lowest BCUT2D eigenvalue weighted by molar-refractivity contribution is -0.219. The van der Waals surface area contributed by atoms with E-state index in [1.54, 1.807) is 6.92 Å². The minimum atomic E-state index is -0.855. The van der Waals surface area contributed by atoms with E-state index in [1.165, 1.54) is 7.11 Å². The van der Waals surface area contributed by atoms with Gasteiger partial charge in [-0.2, -0.15) is 0 Å². The van der Waals surface area contributed by atoms with E-state index in [2.05, 4.69) is 0 Å². The number of hydrogen-bond donors (Lipinski definition) is 2. The summed E-state index contributed by atoms with van der Waals surface area (Å²) in [4.78, 5) is 0. The average molecular weight is 176 g/mol. The maximum absolute atomic E-state index is 9.52. The molecule has 4 nitrogen and oxygen atoms in total. The van der Waals surface area contributed by atoms with Crippen LogP contribution < -0.4 is 0 Å². The monoisotopic (exact) mass is 176 g/mol. The Morgan fingerprint density at radius 1 is 1.08 bits per heavy atom. The van der Waals surface area contributed by atoms with Gasteiger partial charge in [-0.1, -0.05) is 0 Å². The summed E-state index contributed by atoms with van der Waals surface area (Å²) in [6.45, 7) is 3.55. The molecule has 4 unspecified atom stereocenters. The molecule has 0 aromatic rings. The Hall–Kier alpha value is -0.160. The van der Waals surface area contributed by atoms with Crippen molar-refractivity contribution in [3.8, 4) is 0 Å². The SMILES string of the molecule is COC1C(O)C(O)C(C)O[C@H]1C. The molecule has 0 bridgehead atoms. The first kappa shape index (κ1) is 9.92. The number of aliphatic hydroxyl groups excluding tert-OH is 2. The smallest absolute Gasteiger partial charge is 0.111 e. The zero-order valence-corrected chi connectivity index (χ0v) is 7.60. The van der Waals surface area contributed by atoms with Crippen LogP contribution in [0.3, 0.4) is 0 Å². The fraction of sp³-hybridized carbons (Fsp3) is 1.00. The molecule has 0 saturated carbocycles. The molecule has 0 aromatic heterocycles. The molecule has 1 saturated heterocycles. The van der Waals surface area contributed by atoms with Gasteiger partial charge in [0.2, 0.25) is 0 Å². The summed E-state index contributed by atoms with van der Waals surface area (Å²) in [5.74, 6) is 0. The van der Waals surface area contributed by atoms with E-state index < -0.39 is 18.3 Å². The predicted molar refractivity (Wildman–Crippen MR) is 42.8 cm³/mol. The standard InChI is InChI=1S/C8H16O4/c1-4-6(9)7(10)8(11-3)5(2)12-4/h4-10H,1-3H3/t4?,5-,6?,7?,8?/m0/s1. The van der Waals surface area contributed by atoms with Crippen molar-refractivity contribution in [1.29, 1.82) is 0 Å². The molecule has 0 amide bonds.